The highest BCUT2D eigenvalue weighted by Crippen LogP contribution is 2.46. The minimum atomic E-state index is -0.763. The van der Waals surface area contributed by atoms with Gasteiger partial charge in [0, 0.05) is 29.3 Å². The number of aromatic nitrogens is 4. The third-order valence-electron chi connectivity index (χ3n) is 7.06. The summed E-state index contributed by atoms with van der Waals surface area (Å²) in [5.41, 5.74) is 1.69. The number of pyridine rings is 1. The minimum absolute atomic E-state index is 0.179. The monoisotopic (exact) mass is 447 g/mol. The number of fused-ring (bicyclic) bond motifs is 4. The molecule has 4 aromatic rings. The maximum absolute atomic E-state index is 13.9. The van der Waals surface area contributed by atoms with Crippen molar-refractivity contribution in [3.05, 3.63) is 48.7 Å². The maximum atomic E-state index is 13.9. The maximum Gasteiger partial charge on any atom is 0.308 e. The molecule has 8 nitrogen and oxygen atoms in total. The summed E-state index contributed by atoms with van der Waals surface area (Å²) in [5.74, 6) is 0.255. The van der Waals surface area contributed by atoms with Crippen molar-refractivity contribution in [1.82, 2.24) is 19.9 Å². The third-order valence-corrected chi connectivity index (χ3v) is 7.06. The first-order valence-electron chi connectivity index (χ1n) is 11.1. The standard InChI is InChI=1S/C24H22FN5O3/c25-14-8-15-16(11-27-22(15)26-10-14)23-28-17(18-2-1-7-33-18)9-19(30-23)29-21-13-5-3-12(4-6-13)20(21)24(31)32/h1-2,7-13,20-21H,3-6H2,(H,26,27)(H,31,32)(H,28,29,30). The van der Waals surface area contributed by atoms with Gasteiger partial charge in [0.05, 0.1) is 18.4 Å². The second-order valence-electron chi connectivity index (χ2n) is 8.90. The van der Waals surface area contributed by atoms with E-state index in [1.165, 1.54) is 6.07 Å². The molecule has 4 heterocycles. The SMILES string of the molecule is O=C(O)C1C2CCC(CC2)C1Nc1cc(-c2ccco2)nc(-c2c[nH]c3ncc(F)cc23)n1. The summed E-state index contributed by atoms with van der Waals surface area (Å²) < 4.78 is 19.5. The molecular formula is C24H22FN5O3. The van der Waals surface area contributed by atoms with Crippen molar-refractivity contribution in [2.45, 2.75) is 31.7 Å². The van der Waals surface area contributed by atoms with Crippen LogP contribution in [0.25, 0.3) is 33.9 Å². The average molecular weight is 447 g/mol. The van der Waals surface area contributed by atoms with Gasteiger partial charge in [0.2, 0.25) is 0 Å². The van der Waals surface area contributed by atoms with Gasteiger partial charge in [-0.1, -0.05) is 0 Å². The zero-order valence-electron chi connectivity index (χ0n) is 17.7. The number of aromatic amines is 1. The van der Waals surface area contributed by atoms with Crippen molar-refractivity contribution in [3.8, 4) is 22.8 Å². The van der Waals surface area contributed by atoms with Crippen molar-refractivity contribution in [2.24, 2.45) is 17.8 Å². The summed E-state index contributed by atoms with van der Waals surface area (Å²) in [6.45, 7) is 0. The molecule has 2 bridgehead atoms. The number of carbonyl (C=O) groups is 1. The number of nitrogens with zero attached hydrogens (tertiary/aromatic N) is 3. The largest absolute Gasteiger partial charge is 0.481 e. The molecule has 7 rings (SSSR count). The number of anilines is 1. The van der Waals surface area contributed by atoms with Crippen LogP contribution in [0.3, 0.4) is 0 Å². The molecule has 4 aromatic heterocycles. The second-order valence-corrected chi connectivity index (χ2v) is 8.90. The van der Waals surface area contributed by atoms with Crippen LogP contribution in [0.5, 0.6) is 0 Å². The van der Waals surface area contributed by atoms with E-state index in [1.807, 2.05) is 0 Å². The second kappa shape index (κ2) is 7.68. The Bertz CT molecular complexity index is 1330. The van der Waals surface area contributed by atoms with Crippen LogP contribution in [0.15, 0.2) is 47.3 Å². The van der Waals surface area contributed by atoms with Gasteiger partial charge in [-0.15, -0.1) is 0 Å². The Balaban J connectivity index is 1.45. The fraction of sp³-hybridized carbons (Fsp3) is 0.333. The highest BCUT2D eigenvalue weighted by molar-refractivity contribution is 5.92. The van der Waals surface area contributed by atoms with E-state index in [9.17, 15) is 14.3 Å². The topological polar surface area (TPSA) is 117 Å². The molecule has 33 heavy (non-hydrogen) atoms. The number of furan rings is 1. The van der Waals surface area contributed by atoms with Crippen LogP contribution in [0, 0.1) is 23.6 Å². The number of hydrogen-bond donors (Lipinski definition) is 3. The zero-order chi connectivity index (χ0) is 22.5. The Morgan fingerprint density at radius 1 is 1.18 bits per heavy atom. The van der Waals surface area contributed by atoms with Crippen molar-refractivity contribution in [3.63, 3.8) is 0 Å². The Morgan fingerprint density at radius 3 is 2.76 bits per heavy atom. The van der Waals surface area contributed by atoms with E-state index in [1.54, 1.807) is 30.7 Å². The lowest BCUT2D eigenvalue weighted by atomic mass is 9.61. The number of rotatable bonds is 5. The summed E-state index contributed by atoms with van der Waals surface area (Å²) >= 11 is 0. The molecule has 2 atom stereocenters. The first kappa shape index (κ1) is 19.9. The van der Waals surface area contributed by atoms with E-state index in [0.29, 0.717) is 39.7 Å². The number of hydrogen-bond acceptors (Lipinski definition) is 6. The Hall–Kier alpha value is -3.75. The van der Waals surface area contributed by atoms with Crippen LogP contribution in [0.4, 0.5) is 10.2 Å². The van der Waals surface area contributed by atoms with Gasteiger partial charge in [-0.3, -0.25) is 4.79 Å². The molecule has 168 valence electrons. The molecule has 2 unspecified atom stereocenters. The molecule has 9 heteroatoms. The molecule has 0 aliphatic heterocycles. The molecule has 0 aromatic carbocycles. The van der Waals surface area contributed by atoms with Crippen molar-refractivity contribution >= 4 is 22.8 Å². The van der Waals surface area contributed by atoms with Crippen LogP contribution in [0.2, 0.25) is 0 Å². The van der Waals surface area contributed by atoms with Gasteiger partial charge in [-0.05, 0) is 55.7 Å². The Labute approximate surface area is 188 Å². The highest BCUT2D eigenvalue weighted by atomic mass is 19.1. The van der Waals surface area contributed by atoms with Crippen LogP contribution in [-0.4, -0.2) is 37.1 Å². The molecule has 3 aliphatic carbocycles. The number of nitrogens with one attached hydrogen (secondary N) is 2. The lowest BCUT2D eigenvalue weighted by Gasteiger charge is -2.47. The van der Waals surface area contributed by atoms with Crippen LogP contribution in [0.1, 0.15) is 25.7 Å². The summed E-state index contributed by atoms with van der Waals surface area (Å²) in [6.07, 6.45) is 8.37. The molecule has 0 amide bonds. The van der Waals surface area contributed by atoms with Gasteiger partial charge >= 0.3 is 5.97 Å². The zero-order valence-corrected chi connectivity index (χ0v) is 17.7. The van der Waals surface area contributed by atoms with Gasteiger partial charge in [0.25, 0.3) is 0 Å². The molecule has 0 radical (unpaired) electrons. The number of H-pyrrole nitrogens is 1. The summed E-state index contributed by atoms with van der Waals surface area (Å²) in [6, 6.07) is 6.54. The lowest BCUT2D eigenvalue weighted by Crippen LogP contribution is -2.51. The van der Waals surface area contributed by atoms with Crippen LogP contribution >= 0.6 is 0 Å². The normalized spacial score (nSPS) is 24.3. The first-order valence-corrected chi connectivity index (χ1v) is 11.1. The van der Waals surface area contributed by atoms with Crippen LogP contribution in [-0.2, 0) is 4.79 Å². The van der Waals surface area contributed by atoms with E-state index < -0.39 is 17.7 Å². The van der Waals surface area contributed by atoms with Gasteiger partial charge in [-0.2, -0.15) is 0 Å². The quantitative estimate of drug-likeness (QED) is 0.405. The van der Waals surface area contributed by atoms with E-state index >= 15 is 0 Å². The minimum Gasteiger partial charge on any atom is -0.481 e. The van der Waals surface area contributed by atoms with Crippen LogP contribution < -0.4 is 5.32 Å². The van der Waals surface area contributed by atoms with Crippen molar-refractivity contribution in [1.29, 1.82) is 0 Å². The van der Waals surface area contributed by atoms with Crippen molar-refractivity contribution in [2.75, 3.05) is 5.32 Å². The number of carboxylic acid groups (broad SMARTS) is 1. The van der Waals surface area contributed by atoms with E-state index in [0.717, 1.165) is 31.9 Å². The molecule has 3 N–H and O–H groups in total. The number of carboxylic acids is 1. The van der Waals surface area contributed by atoms with Crippen molar-refractivity contribution < 1.29 is 18.7 Å². The van der Waals surface area contributed by atoms with Gasteiger partial charge < -0.3 is 19.8 Å². The van der Waals surface area contributed by atoms with Gasteiger partial charge in [-0.25, -0.2) is 19.3 Å². The van der Waals surface area contributed by atoms with Gasteiger partial charge in [0.1, 0.15) is 23.0 Å². The average Bonchev–Trinajstić information content (AvgIpc) is 3.49. The number of halogens is 1. The fourth-order valence-electron chi connectivity index (χ4n) is 5.54. The predicted octanol–water partition coefficient (Wildman–Crippen LogP) is 4.72. The third kappa shape index (κ3) is 3.44. The smallest absolute Gasteiger partial charge is 0.308 e. The predicted molar refractivity (Wildman–Crippen MR) is 119 cm³/mol. The van der Waals surface area contributed by atoms with E-state index in [2.05, 4.69) is 20.3 Å². The lowest BCUT2D eigenvalue weighted by molar-refractivity contribution is -0.148. The molecule has 3 saturated carbocycles. The first-order chi connectivity index (χ1) is 16.1. The molecule has 3 aliphatic rings. The summed E-state index contributed by atoms with van der Waals surface area (Å²) in [7, 11) is 0. The number of aliphatic carboxylic acids is 1. The summed E-state index contributed by atoms with van der Waals surface area (Å²) in [5, 5.41) is 13.9. The molecule has 0 spiro atoms. The van der Waals surface area contributed by atoms with E-state index in [4.69, 9.17) is 9.40 Å². The molecular weight excluding hydrogens is 425 g/mol. The summed E-state index contributed by atoms with van der Waals surface area (Å²) in [4.78, 5) is 28.6. The Kier molecular flexibility index (Phi) is 4.63. The van der Waals surface area contributed by atoms with E-state index in [-0.39, 0.29) is 17.9 Å². The molecule has 0 saturated heterocycles. The molecule has 3 fully saturated rings. The Morgan fingerprint density at radius 2 is 2.00 bits per heavy atom. The van der Waals surface area contributed by atoms with Gasteiger partial charge in [0.15, 0.2) is 11.6 Å². The highest BCUT2D eigenvalue weighted by Gasteiger charge is 2.47. The fourth-order valence-corrected chi connectivity index (χ4v) is 5.54.